The Morgan fingerprint density at radius 3 is 2.62 bits per heavy atom. The number of hydrogen-bond donors (Lipinski definition) is 2. The molecule has 0 amide bonds. The van der Waals surface area contributed by atoms with E-state index >= 15 is 0 Å². The number of fused-ring (bicyclic) bond motifs is 1. The van der Waals surface area contributed by atoms with Gasteiger partial charge in [0.15, 0.2) is 11.6 Å². The second-order valence-corrected chi connectivity index (χ2v) is 5.05. The van der Waals surface area contributed by atoms with E-state index in [-0.39, 0.29) is 22.5 Å². The first kappa shape index (κ1) is 13.4. The number of rotatable bonds is 2. The van der Waals surface area contributed by atoms with Crippen LogP contribution in [-0.4, -0.2) is 20.5 Å². The van der Waals surface area contributed by atoms with Gasteiger partial charge >= 0.3 is 0 Å². The topological polar surface area (TPSA) is 93.8 Å². The second kappa shape index (κ2) is 4.75. The average Bonchev–Trinajstić information content (AvgIpc) is 2.83. The Hall–Kier alpha value is -2.60. The lowest BCUT2D eigenvalue weighted by atomic mass is 10.1. The van der Waals surface area contributed by atoms with Crippen molar-refractivity contribution in [3.63, 3.8) is 0 Å². The molecule has 0 aliphatic carbocycles. The molecule has 0 aliphatic rings. The fourth-order valence-electron chi connectivity index (χ4n) is 2.20. The summed E-state index contributed by atoms with van der Waals surface area (Å²) in [5.74, 6) is -0.118. The maximum atomic E-state index is 12.5. The first-order chi connectivity index (χ1) is 9.99. The Labute approximate surface area is 124 Å². The van der Waals surface area contributed by atoms with E-state index < -0.39 is 0 Å². The summed E-state index contributed by atoms with van der Waals surface area (Å²) in [6, 6.07) is 6.71. The molecule has 0 atom stereocenters. The molecule has 1 aromatic carbocycles. The van der Waals surface area contributed by atoms with E-state index in [1.54, 1.807) is 24.3 Å². The molecule has 21 heavy (non-hydrogen) atoms. The molecule has 7 heteroatoms. The summed E-state index contributed by atoms with van der Waals surface area (Å²) in [5.41, 5.74) is 6.68. The molecule has 2 heterocycles. The first-order valence-corrected chi connectivity index (χ1v) is 6.53. The van der Waals surface area contributed by atoms with Gasteiger partial charge in [-0.25, -0.2) is 0 Å². The number of nitrogens with zero attached hydrogens (tertiary/aromatic N) is 2. The minimum Gasteiger partial charge on any atom is -0.382 e. The van der Waals surface area contributed by atoms with Gasteiger partial charge in [-0.05, 0) is 31.2 Å². The Kier molecular flexibility index (Phi) is 3.03. The number of nitrogens with one attached hydrogen (secondary N) is 1. The maximum Gasteiger partial charge on any atom is 0.268 e. The van der Waals surface area contributed by atoms with Gasteiger partial charge in [0.2, 0.25) is 0 Å². The predicted molar refractivity (Wildman–Crippen MR) is 81.1 cm³/mol. The van der Waals surface area contributed by atoms with Crippen LogP contribution < -0.4 is 11.3 Å². The average molecular weight is 303 g/mol. The molecule has 0 radical (unpaired) electrons. The van der Waals surface area contributed by atoms with Gasteiger partial charge in [0, 0.05) is 16.9 Å². The Bertz CT molecular complexity index is 909. The number of aromatic amines is 1. The highest BCUT2D eigenvalue weighted by Crippen LogP contribution is 2.20. The van der Waals surface area contributed by atoms with Gasteiger partial charge in [-0.1, -0.05) is 11.6 Å². The van der Waals surface area contributed by atoms with Gasteiger partial charge in [-0.2, -0.15) is 5.10 Å². The smallest absolute Gasteiger partial charge is 0.268 e. The van der Waals surface area contributed by atoms with Crippen LogP contribution in [0.1, 0.15) is 17.3 Å². The highest BCUT2D eigenvalue weighted by atomic mass is 35.5. The number of Topliss-reactive ketones (excluding diaryl/α,β-unsaturated/α-hetero) is 1. The number of H-pyrrole nitrogens is 1. The van der Waals surface area contributed by atoms with Crippen LogP contribution in [0.2, 0.25) is 5.02 Å². The lowest BCUT2D eigenvalue weighted by Crippen LogP contribution is -2.20. The van der Waals surface area contributed by atoms with Crippen molar-refractivity contribution in [2.45, 2.75) is 6.92 Å². The Morgan fingerprint density at radius 2 is 2.00 bits per heavy atom. The van der Waals surface area contributed by atoms with Gasteiger partial charge in [0.05, 0.1) is 11.1 Å². The molecule has 0 bridgehead atoms. The van der Waals surface area contributed by atoms with E-state index in [2.05, 4.69) is 10.2 Å². The molecule has 3 aromatic rings. The van der Waals surface area contributed by atoms with Crippen LogP contribution >= 0.6 is 11.6 Å². The molecule has 3 N–H and O–H groups in total. The number of carbonyl (C=O) groups is 1. The minimum absolute atomic E-state index is 0.0702. The minimum atomic E-state index is -0.344. The van der Waals surface area contributed by atoms with Crippen LogP contribution in [0.4, 0.5) is 5.82 Å². The molecule has 0 fully saturated rings. The zero-order valence-electron chi connectivity index (χ0n) is 11.1. The highest BCUT2D eigenvalue weighted by Gasteiger charge is 2.17. The quantitative estimate of drug-likeness (QED) is 0.709. The normalized spacial score (nSPS) is 11.0. The SMILES string of the molecule is CC(=O)c1cn(-c2ccc(Cl)cc2)c(=O)c2c(N)n[nH]c12. The Morgan fingerprint density at radius 1 is 1.33 bits per heavy atom. The third kappa shape index (κ3) is 2.09. The van der Waals surface area contributed by atoms with E-state index in [4.69, 9.17) is 17.3 Å². The van der Waals surface area contributed by atoms with Gasteiger partial charge in [-0.15, -0.1) is 0 Å². The molecule has 0 saturated carbocycles. The van der Waals surface area contributed by atoms with Crippen LogP contribution in [0.25, 0.3) is 16.6 Å². The molecular formula is C14H11ClN4O2. The predicted octanol–water partition coefficient (Wildman–Crippen LogP) is 2.15. The molecular weight excluding hydrogens is 292 g/mol. The largest absolute Gasteiger partial charge is 0.382 e. The van der Waals surface area contributed by atoms with E-state index in [1.165, 1.54) is 17.7 Å². The lowest BCUT2D eigenvalue weighted by Gasteiger charge is -2.08. The zero-order valence-corrected chi connectivity index (χ0v) is 11.8. The molecule has 0 saturated heterocycles. The third-order valence-corrected chi connectivity index (χ3v) is 3.49. The van der Waals surface area contributed by atoms with Crippen molar-refractivity contribution in [2.24, 2.45) is 0 Å². The summed E-state index contributed by atoms with van der Waals surface area (Å²) in [7, 11) is 0. The van der Waals surface area contributed by atoms with Crippen molar-refractivity contribution in [3.8, 4) is 5.69 Å². The number of nitrogen functional groups attached to an aromatic ring is 1. The number of hydrogen-bond acceptors (Lipinski definition) is 4. The summed E-state index contributed by atoms with van der Waals surface area (Å²) < 4.78 is 1.36. The third-order valence-electron chi connectivity index (χ3n) is 3.24. The number of ketones is 1. The zero-order chi connectivity index (χ0) is 15.1. The molecule has 2 aromatic heterocycles. The van der Waals surface area contributed by atoms with Gasteiger partial charge < -0.3 is 5.73 Å². The number of pyridine rings is 1. The van der Waals surface area contributed by atoms with E-state index in [9.17, 15) is 9.59 Å². The number of aromatic nitrogens is 3. The summed E-state index contributed by atoms with van der Waals surface area (Å²) in [6.07, 6.45) is 1.48. The van der Waals surface area contributed by atoms with Crippen molar-refractivity contribution in [2.75, 3.05) is 5.73 Å². The number of halogens is 1. The van der Waals surface area contributed by atoms with Crippen LogP contribution in [0, 0.1) is 0 Å². The highest BCUT2D eigenvalue weighted by molar-refractivity contribution is 6.30. The van der Waals surface area contributed by atoms with Crippen LogP contribution in [0.3, 0.4) is 0 Å². The van der Waals surface area contributed by atoms with Gasteiger partial charge in [-0.3, -0.25) is 19.3 Å². The molecule has 6 nitrogen and oxygen atoms in total. The van der Waals surface area contributed by atoms with E-state index in [1.807, 2.05) is 0 Å². The summed E-state index contributed by atoms with van der Waals surface area (Å²) in [4.78, 5) is 24.3. The number of carbonyl (C=O) groups excluding carboxylic acids is 1. The molecule has 106 valence electrons. The molecule has 0 spiro atoms. The van der Waals surface area contributed by atoms with Crippen molar-refractivity contribution < 1.29 is 4.79 Å². The molecule has 0 aliphatic heterocycles. The molecule has 0 unspecified atom stereocenters. The Balaban J connectivity index is 2.40. The first-order valence-electron chi connectivity index (χ1n) is 6.15. The summed E-state index contributed by atoms with van der Waals surface area (Å²) in [6.45, 7) is 1.42. The number of nitrogens with two attached hydrogens (primary N) is 1. The number of anilines is 1. The van der Waals surface area contributed by atoms with Crippen molar-refractivity contribution >= 4 is 34.1 Å². The second-order valence-electron chi connectivity index (χ2n) is 4.61. The summed E-state index contributed by atoms with van der Waals surface area (Å²) >= 11 is 5.85. The van der Waals surface area contributed by atoms with Crippen LogP contribution in [0.5, 0.6) is 0 Å². The monoisotopic (exact) mass is 302 g/mol. The van der Waals surface area contributed by atoms with Crippen molar-refractivity contribution in [3.05, 3.63) is 51.4 Å². The van der Waals surface area contributed by atoms with Gasteiger partial charge in [0.25, 0.3) is 5.56 Å². The maximum absolute atomic E-state index is 12.5. The summed E-state index contributed by atoms with van der Waals surface area (Å²) in [5, 5.41) is 7.21. The van der Waals surface area contributed by atoms with Gasteiger partial charge in [0.1, 0.15) is 5.39 Å². The standard InChI is InChI=1S/C14H11ClN4O2/c1-7(20)10-6-19(9-4-2-8(15)3-5-9)14(21)11-12(10)17-18-13(11)16/h2-6H,1H3,(H3,16,17,18). The van der Waals surface area contributed by atoms with Crippen LogP contribution in [-0.2, 0) is 0 Å². The van der Waals surface area contributed by atoms with E-state index in [0.29, 0.717) is 21.8 Å². The fourth-order valence-corrected chi connectivity index (χ4v) is 2.33. The van der Waals surface area contributed by atoms with E-state index in [0.717, 1.165) is 0 Å². The lowest BCUT2D eigenvalue weighted by molar-refractivity contribution is 0.101. The van der Waals surface area contributed by atoms with Crippen molar-refractivity contribution in [1.29, 1.82) is 0 Å². The fraction of sp³-hybridized carbons (Fsp3) is 0.0714. The van der Waals surface area contributed by atoms with Crippen LogP contribution in [0.15, 0.2) is 35.3 Å². The molecule has 3 rings (SSSR count). The van der Waals surface area contributed by atoms with Crippen molar-refractivity contribution in [1.82, 2.24) is 14.8 Å². The number of benzene rings is 1.